The number of rotatable bonds is 6. The van der Waals surface area contributed by atoms with E-state index < -0.39 is 0 Å². The van der Waals surface area contributed by atoms with Gasteiger partial charge in [0.1, 0.15) is 5.82 Å². The molecule has 108 valence electrons. The summed E-state index contributed by atoms with van der Waals surface area (Å²) in [6.45, 7) is 0.879. The topological polar surface area (TPSA) is 27.1 Å². The van der Waals surface area contributed by atoms with Crippen molar-refractivity contribution < 1.29 is 9.13 Å². The summed E-state index contributed by atoms with van der Waals surface area (Å²) in [5.74, 6) is 1.91. The molecule has 0 N–H and O–H groups in total. The molecule has 3 rings (SSSR count). The molecule has 0 bridgehead atoms. The molecule has 1 saturated carbocycles. The van der Waals surface area contributed by atoms with Gasteiger partial charge >= 0.3 is 0 Å². The van der Waals surface area contributed by atoms with Crippen LogP contribution in [-0.2, 0) is 12.4 Å². The van der Waals surface area contributed by atoms with Gasteiger partial charge < -0.3 is 9.30 Å². The van der Waals surface area contributed by atoms with Crippen molar-refractivity contribution in [3.05, 3.63) is 23.8 Å². The molecule has 1 fully saturated rings. The lowest BCUT2D eigenvalue weighted by Gasteiger charge is -2.08. The number of fused-ring (bicyclic) bond motifs is 1. The van der Waals surface area contributed by atoms with Gasteiger partial charge in [-0.05, 0) is 18.8 Å². The van der Waals surface area contributed by atoms with Crippen LogP contribution in [-0.4, -0.2) is 16.7 Å². The summed E-state index contributed by atoms with van der Waals surface area (Å²) >= 11 is 5.96. The van der Waals surface area contributed by atoms with Gasteiger partial charge in [0.25, 0.3) is 0 Å². The van der Waals surface area contributed by atoms with E-state index in [4.69, 9.17) is 16.3 Å². The van der Waals surface area contributed by atoms with Gasteiger partial charge in [-0.3, -0.25) is 0 Å². The predicted molar refractivity (Wildman–Crippen MR) is 77.8 cm³/mol. The molecule has 2 aromatic rings. The normalized spacial score (nSPS) is 14.9. The second-order valence-corrected chi connectivity index (χ2v) is 5.64. The standard InChI is InChI=1S/C15H18ClFN2O/c1-20-14-8-13-12(7-11(14)17)18-15(9-16)19(13)6-2-3-10-4-5-10/h7-8,10H,2-6,9H2,1H3. The van der Waals surface area contributed by atoms with Crippen molar-refractivity contribution in [1.82, 2.24) is 9.55 Å². The van der Waals surface area contributed by atoms with Crippen molar-refractivity contribution in [2.75, 3.05) is 7.11 Å². The van der Waals surface area contributed by atoms with Crippen molar-refractivity contribution in [3.63, 3.8) is 0 Å². The van der Waals surface area contributed by atoms with Crippen molar-refractivity contribution in [3.8, 4) is 5.75 Å². The number of nitrogens with zero attached hydrogens (tertiary/aromatic N) is 2. The maximum Gasteiger partial charge on any atom is 0.167 e. The largest absolute Gasteiger partial charge is 0.494 e. The second-order valence-electron chi connectivity index (χ2n) is 5.37. The van der Waals surface area contributed by atoms with E-state index in [0.717, 1.165) is 30.2 Å². The third kappa shape index (κ3) is 2.62. The number of halogens is 2. The van der Waals surface area contributed by atoms with Crippen molar-refractivity contribution in [2.24, 2.45) is 5.92 Å². The number of benzene rings is 1. The minimum Gasteiger partial charge on any atom is -0.494 e. The lowest BCUT2D eigenvalue weighted by molar-refractivity contribution is 0.387. The lowest BCUT2D eigenvalue weighted by atomic mass is 10.2. The third-order valence-electron chi connectivity index (χ3n) is 3.91. The summed E-state index contributed by atoms with van der Waals surface area (Å²) in [5, 5.41) is 0. The Morgan fingerprint density at radius 1 is 1.45 bits per heavy atom. The monoisotopic (exact) mass is 296 g/mol. The molecule has 0 amide bonds. The van der Waals surface area contributed by atoms with E-state index in [1.54, 1.807) is 6.07 Å². The molecule has 3 nitrogen and oxygen atoms in total. The average molecular weight is 297 g/mol. The Kier molecular flexibility index (Phi) is 3.83. The third-order valence-corrected chi connectivity index (χ3v) is 4.15. The van der Waals surface area contributed by atoms with Gasteiger partial charge in [0, 0.05) is 18.7 Å². The van der Waals surface area contributed by atoms with Gasteiger partial charge in [0.05, 0.1) is 24.0 Å². The number of ether oxygens (including phenoxy) is 1. The highest BCUT2D eigenvalue weighted by Gasteiger charge is 2.21. The van der Waals surface area contributed by atoms with Crippen molar-refractivity contribution in [2.45, 2.75) is 38.1 Å². The van der Waals surface area contributed by atoms with Crippen LogP contribution in [0.1, 0.15) is 31.5 Å². The molecule has 0 atom stereocenters. The van der Waals surface area contributed by atoms with Crippen LogP contribution in [0.25, 0.3) is 11.0 Å². The van der Waals surface area contributed by atoms with Crippen LogP contribution in [0, 0.1) is 11.7 Å². The van der Waals surface area contributed by atoms with Crippen LogP contribution < -0.4 is 4.74 Å². The van der Waals surface area contributed by atoms with E-state index in [2.05, 4.69) is 9.55 Å². The zero-order valence-corrected chi connectivity index (χ0v) is 12.3. The molecule has 0 saturated heterocycles. The Bertz CT molecular complexity index is 622. The number of aryl methyl sites for hydroxylation is 1. The minimum absolute atomic E-state index is 0.252. The van der Waals surface area contributed by atoms with Crippen molar-refractivity contribution >= 4 is 22.6 Å². The summed E-state index contributed by atoms with van der Waals surface area (Å²) < 4.78 is 20.9. The van der Waals surface area contributed by atoms with E-state index >= 15 is 0 Å². The lowest BCUT2D eigenvalue weighted by Crippen LogP contribution is -2.03. The summed E-state index contributed by atoms with van der Waals surface area (Å²) in [6.07, 6.45) is 5.09. The fourth-order valence-electron chi connectivity index (χ4n) is 2.63. The maximum atomic E-state index is 13.7. The summed E-state index contributed by atoms with van der Waals surface area (Å²) in [6, 6.07) is 3.13. The number of aromatic nitrogens is 2. The van der Waals surface area contributed by atoms with Gasteiger partial charge in [-0.25, -0.2) is 9.37 Å². The summed E-state index contributed by atoms with van der Waals surface area (Å²) in [4.78, 5) is 4.42. The highest BCUT2D eigenvalue weighted by molar-refractivity contribution is 6.16. The Balaban J connectivity index is 1.93. The quantitative estimate of drug-likeness (QED) is 0.750. The highest BCUT2D eigenvalue weighted by atomic mass is 35.5. The molecule has 1 aromatic heterocycles. The maximum absolute atomic E-state index is 13.7. The smallest absolute Gasteiger partial charge is 0.167 e. The van der Waals surface area contributed by atoms with Crippen LogP contribution in [0.15, 0.2) is 12.1 Å². The molecule has 0 radical (unpaired) electrons. The first-order chi connectivity index (χ1) is 9.72. The average Bonchev–Trinajstić information content (AvgIpc) is 3.20. The zero-order valence-electron chi connectivity index (χ0n) is 11.5. The van der Waals surface area contributed by atoms with Crippen LogP contribution in [0.3, 0.4) is 0 Å². The Labute approximate surface area is 122 Å². The molecule has 0 aliphatic heterocycles. The van der Waals surface area contributed by atoms with E-state index in [9.17, 15) is 4.39 Å². The van der Waals surface area contributed by atoms with Gasteiger partial charge in [-0.15, -0.1) is 11.6 Å². The number of hydrogen-bond donors (Lipinski definition) is 0. The van der Waals surface area contributed by atoms with Crippen LogP contribution in [0.4, 0.5) is 4.39 Å². The molecular weight excluding hydrogens is 279 g/mol. The summed E-state index contributed by atoms with van der Waals surface area (Å²) in [7, 11) is 1.47. The van der Waals surface area contributed by atoms with E-state index in [1.807, 2.05) is 0 Å². The Morgan fingerprint density at radius 2 is 2.25 bits per heavy atom. The minimum atomic E-state index is -0.385. The molecule has 0 spiro atoms. The zero-order chi connectivity index (χ0) is 14.1. The van der Waals surface area contributed by atoms with E-state index in [0.29, 0.717) is 11.4 Å². The Morgan fingerprint density at radius 3 is 2.90 bits per heavy atom. The molecule has 1 aliphatic carbocycles. The SMILES string of the molecule is COc1cc2c(cc1F)nc(CCl)n2CCCC1CC1. The van der Waals surface area contributed by atoms with Crippen LogP contribution in [0.2, 0.25) is 0 Å². The molecule has 1 aromatic carbocycles. The number of alkyl halides is 1. The highest BCUT2D eigenvalue weighted by Crippen LogP contribution is 2.34. The first kappa shape index (κ1) is 13.7. The van der Waals surface area contributed by atoms with Gasteiger partial charge in [0.2, 0.25) is 0 Å². The van der Waals surface area contributed by atoms with Crippen LogP contribution in [0.5, 0.6) is 5.75 Å². The van der Waals surface area contributed by atoms with Gasteiger partial charge in [-0.2, -0.15) is 0 Å². The first-order valence-electron chi connectivity index (χ1n) is 7.01. The van der Waals surface area contributed by atoms with Gasteiger partial charge in [0.15, 0.2) is 11.6 Å². The second kappa shape index (κ2) is 5.60. The number of imidazole rings is 1. The Hall–Kier alpha value is -1.29. The molecular formula is C15H18ClFN2O. The molecule has 1 heterocycles. The number of methoxy groups -OCH3 is 1. The predicted octanol–water partition coefficient (Wildman–Crippen LogP) is 4.11. The first-order valence-corrected chi connectivity index (χ1v) is 7.55. The van der Waals surface area contributed by atoms with E-state index in [1.165, 1.54) is 32.4 Å². The van der Waals surface area contributed by atoms with E-state index in [-0.39, 0.29) is 11.6 Å². The number of hydrogen-bond acceptors (Lipinski definition) is 2. The molecule has 1 aliphatic rings. The molecule has 5 heteroatoms. The van der Waals surface area contributed by atoms with Gasteiger partial charge in [-0.1, -0.05) is 12.8 Å². The molecule has 20 heavy (non-hydrogen) atoms. The molecule has 0 unspecified atom stereocenters. The van der Waals surface area contributed by atoms with Crippen molar-refractivity contribution in [1.29, 1.82) is 0 Å². The fraction of sp³-hybridized carbons (Fsp3) is 0.533. The fourth-order valence-corrected chi connectivity index (χ4v) is 2.83. The van der Waals surface area contributed by atoms with Crippen LogP contribution >= 0.6 is 11.6 Å². The summed E-state index contributed by atoms with van der Waals surface area (Å²) in [5.41, 5.74) is 1.54.